The normalized spacial score (nSPS) is 10.2. The lowest BCUT2D eigenvalue weighted by Gasteiger charge is -2.09. The molecule has 0 bridgehead atoms. The molecule has 0 saturated heterocycles. The number of halogens is 2. The molecule has 7 heteroatoms. The summed E-state index contributed by atoms with van der Waals surface area (Å²) in [7, 11) is 1.61. The summed E-state index contributed by atoms with van der Waals surface area (Å²) in [5.74, 6) is -0.399. The number of benzene rings is 2. The Hall–Kier alpha value is -2.15. The second-order valence-corrected chi connectivity index (χ2v) is 5.14. The zero-order chi connectivity index (χ0) is 15.4. The van der Waals surface area contributed by atoms with Crippen molar-refractivity contribution in [3.63, 3.8) is 0 Å². The number of nitrogens with one attached hydrogen (secondary N) is 1. The molecule has 0 saturated carbocycles. The molecule has 2 rings (SSSR count). The van der Waals surface area contributed by atoms with E-state index in [1.54, 1.807) is 25.2 Å². The number of hydrogen-bond donors (Lipinski definition) is 1. The van der Waals surface area contributed by atoms with Crippen LogP contribution in [0.25, 0.3) is 0 Å². The first-order valence-electron chi connectivity index (χ1n) is 6.04. The molecule has 0 amide bonds. The molecule has 21 heavy (non-hydrogen) atoms. The fourth-order valence-corrected chi connectivity index (χ4v) is 2.12. The molecule has 0 heterocycles. The predicted octanol–water partition coefficient (Wildman–Crippen LogP) is 4.12. The van der Waals surface area contributed by atoms with Crippen molar-refractivity contribution in [2.24, 2.45) is 0 Å². The van der Waals surface area contributed by atoms with Gasteiger partial charge in [-0.25, -0.2) is 4.39 Å². The quantitative estimate of drug-likeness (QED) is 0.647. The van der Waals surface area contributed by atoms with Gasteiger partial charge in [0, 0.05) is 17.6 Å². The summed E-state index contributed by atoms with van der Waals surface area (Å²) in [5, 5.41) is 13.7. The molecule has 0 unspecified atom stereocenters. The standard InChI is InChI=1S/C14H12BrFN2O3/c1-17-12-5-2-9(6-13(12)18(19)20)8-21-14-7-10(15)3-4-11(14)16/h2-7,17H,8H2,1H3. The second-order valence-electron chi connectivity index (χ2n) is 4.22. The Labute approximate surface area is 129 Å². The third kappa shape index (κ3) is 3.69. The number of hydrogen-bond acceptors (Lipinski definition) is 4. The van der Waals surface area contributed by atoms with Crippen molar-refractivity contribution in [1.82, 2.24) is 0 Å². The van der Waals surface area contributed by atoms with Crippen molar-refractivity contribution in [3.05, 3.63) is 62.4 Å². The van der Waals surface area contributed by atoms with Crippen LogP contribution in [0.1, 0.15) is 5.56 Å². The lowest BCUT2D eigenvalue weighted by molar-refractivity contribution is -0.384. The number of anilines is 1. The maximum Gasteiger partial charge on any atom is 0.292 e. The van der Waals surface area contributed by atoms with Crippen molar-refractivity contribution in [2.75, 3.05) is 12.4 Å². The third-order valence-corrected chi connectivity index (χ3v) is 3.31. The van der Waals surface area contributed by atoms with E-state index in [1.807, 2.05) is 0 Å². The summed E-state index contributed by atoms with van der Waals surface area (Å²) in [4.78, 5) is 10.5. The van der Waals surface area contributed by atoms with Crippen LogP contribution in [0.4, 0.5) is 15.8 Å². The van der Waals surface area contributed by atoms with Crippen molar-refractivity contribution in [3.8, 4) is 5.75 Å². The minimum atomic E-state index is -0.487. The van der Waals surface area contributed by atoms with Gasteiger partial charge < -0.3 is 10.1 Å². The lowest BCUT2D eigenvalue weighted by atomic mass is 10.2. The Balaban J connectivity index is 2.18. The topological polar surface area (TPSA) is 64.4 Å². The Morgan fingerprint density at radius 2 is 2.10 bits per heavy atom. The van der Waals surface area contributed by atoms with Crippen molar-refractivity contribution in [1.29, 1.82) is 0 Å². The number of nitro groups is 1. The first-order valence-corrected chi connectivity index (χ1v) is 6.83. The molecular formula is C14H12BrFN2O3. The van der Waals surface area contributed by atoms with Crippen LogP contribution in [0.15, 0.2) is 40.9 Å². The van der Waals surface area contributed by atoms with Crippen LogP contribution in [0, 0.1) is 15.9 Å². The third-order valence-electron chi connectivity index (χ3n) is 2.82. The first kappa shape index (κ1) is 15.2. The van der Waals surface area contributed by atoms with E-state index in [9.17, 15) is 14.5 Å². The molecule has 0 aliphatic rings. The smallest absolute Gasteiger partial charge is 0.292 e. The van der Waals surface area contributed by atoms with E-state index >= 15 is 0 Å². The van der Waals surface area contributed by atoms with E-state index in [1.165, 1.54) is 18.2 Å². The second kappa shape index (κ2) is 6.53. The van der Waals surface area contributed by atoms with Gasteiger partial charge >= 0.3 is 0 Å². The lowest BCUT2D eigenvalue weighted by Crippen LogP contribution is -2.01. The molecule has 110 valence electrons. The van der Waals surface area contributed by atoms with Gasteiger partial charge in [0.2, 0.25) is 0 Å². The number of nitro benzene ring substituents is 1. The minimum absolute atomic E-state index is 0.0399. The molecular weight excluding hydrogens is 343 g/mol. The van der Waals surface area contributed by atoms with Crippen LogP contribution in [-0.2, 0) is 6.61 Å². The molecule has 0 spiro atoms. The summed E-state index contributed by atoms with van der Waals surface area (Å²) in [6.07, 6.45) is 0. The van der Waals surface area contributed by atoms with Crippen molar-refractivity contribution < 1.29 is 14.1 Å². The van der Waals surface area contributed by atoms with Gasteiger partial charge in [0.1, 0.15) is 12.3 Å². The summed E-state index contributed by atoms with van der Waals surface area (Å²) in [5.41, 5.74) is 0.950. The highest BCUT2D eigenvalue weighted by Crippen LogP contribution is 2.27. The van der Waals surface area contributed by atoms with Crippen LogP contribution in [0.2, 0.25) is 0 Å². The van der Waals surface area contributed by atoms with Gasteiger partial charge in [0.25, 0.3) is 5.69 Å². The molecule has 0 atom stereocenters. The van der Waals surface area contributed by atoms with E-state index in [0.29, 0.717) is 15.7 Å². The summed E-state index contributed by atoms with van der Waals surface area (Å²) in [6, 6.07) is 9.04. The van der Waals surface area contributed by atoms with Crippen LogP contribution in [0.3, 0.4) is 0 Å². The first-order chi connectivity index (χ1) is 10.0. The van der Waals surface area contributed by atoms with Crippen molar-refractivity contribution >= 4 is 27.3 Å². The minimum Gasteiger partial charge on any atom is -0.486 e. The monoisotopic (exact) mass is 354 g/mol. The number of ether oxygens (including phenoxy) is 1. The Bertz CT molecular complexity index is 679. The molecule has 5 nitrogen and oxygen atoms in total. The molecule has 0 aliphatic heterocycles. The van der Waals surface area contributed by atoms with E-state index in [-0.39, 0.29) is 18.0 Å². The van der Waals surface area contributed by atoms with Crippen LogP contribution in [-0.4, -0.2) is 12.0 Å². The molecule has 2 aromatic rings. The maximum atomic E-state index is 13.5. The zero-order valence-electron chi connectivity index (χ0n) is 11.1. The average Bonchev–Trinajstić information content (AvgIpc) is 2.47. The van der Waals surface area contributed by atoms with Crippen LogP contribution >= 0.6 is 15.9 Å². The van der Waals surface area contributed by atoms with Crippen molar-refractivity contribution in [2.45, 2.75) is 6.61 Å². The number of rotatable bonds is 5. The van der Waals surface area contributed by atoms with Gasteiger partial charge in [-0.1, -0.05) is 22.0 Å². The number of nitrogens with zero attached hydrogens (tertiary/aromatic N) is 1. The zero-order valence-corrected chi connectivity index (χ0v) is 12.7. The van der Waals surface area contributed by atoms with Gasteiger partial charge in [-0.15, -0.1) is 0 Å². The van der Waals surface area contributed by atoms with Gasteiger partial charge in [-0.3, -0.25) is 10.1 Å². The van der Waals surface area contributed by atoms with Gasteiger partial charge in [-0.2, -0.15) is 0 Å². The fraction of sp³-hybridized carbons (Fsp3) is 0.143. The summed E-state index contributed by atoms with van der Waals surface area (Å²) < 4.78 is 19.6. The van der Waals surface area contributed by atoms with E-state index in [4.69, 9.17) is 4.74 Å². The van der Waals surface area contributed by atoms with E-state index < -0.39 is 10.7 Å². The Kier molecular flexibility index (Phi) is 4.74. The Morgan fingerprint density at radius 1 is 1.33 bits per heavy atom. The molecule has 0 fully saturated rings. The van der Waals surface area contributed by atoms with Crippen LogP contribution in [0.5, 0.6) is 5.75 Å². The molecule has 0 radical (unpaired) electrons. The average molecular weight is 355 g/mol. The largest absolute Gasteiger partial charge is 0.486 e. The van der Waals surface area contributed by atoms with E-state index in [2.05, 4.69) is 21.2 Å². The van der Waals surface area contributed by atoms with Crippen LogP contribution < -0.4 is 10.1 Å². The Morgan fingerprint density at radius 3 is 2.76 bits per heavy atom. The molecule has 0 aromatic heterocycles. The SMILES string of the molecule is CNc1ccc(COc2cc(Br)ccc2F)cc1[N+](=O)[O-]. The van der Waals surface area contributed by atoms with Gasteiger partial charge in [0.15, 0.2) is 11.6 Å². The highest BCUT2D eigenvalue weighted by atomic mass is 79.9. The highest BCUT2D eigenvalue weighted by Gasteiger charge is 2.14. The fourth-order valence-electron chi connectivity index (χ4n) is 1.78. The van der Waals surface area contributed by atoms with E-state index in [0.717, 1.165) is 0 Å². The molecule has 1 N–H and O–H groups in total. The molecule has 0 aliphatic carbocycles. The van der Waals surface area contributed by atoms with Gasteiger partial charge in [-0.05, 0) is 29.8 Å². The maximum absolute atomic E-state index is 13.5. The van der Waals surface area contributed by atoms with Gasteiger partial charge in [0.05, 0.1) is 4.92 Å². The highest BCUT2D eigenvalue weighted by molar-refractivity contribution is 9.10. The molecule has 2 aromatic carbocycles. The summed E-state index contributed by atoms with van der Waals surface area (Å²) >= 11 is 3.23. The predicted molar refractivity (Wildman–Crippen MR) is 81.1 cm³/mol. The summed E-state index contributed by atoms with van der Waals surface area (Å²) in [6.45, 7) is 0.0399.